The van der Waals surface area contributed by atoms with Crippen LogP contribution in [0.1, 0.15) is 44.2 Å². The van der Waals surface area contributed by atoms with Gasteiger partial charge in [0.05, 0.1) is 18.1 Å². The van der Waals surface area contributed by atoms with E-state index in [2.05, 4.69) is 25.5 Å². The number of carbonyl (C=O) groups excluding carboxylic acids is 1. The quantitative estimate of drug-likeness (QED) is 0.873. The Labute approximate surface area is 131 Å². The van der Waals surface area contributed by atoms with E-state index in [1.807, 2.05) is 12.4 Å². The van der Waals surface area contributed by atoms with Crippen LogP contribution in [0.3, 0.4) is 0 Å². The minimum Gasteiger partial charge on any atom is -0.355 e. The standard InChI is InChI=1S/C16H25N5O/c1-12(22)20-14-4-7-21(8-5-14)16-11-18-15(10-19-16)13-3-2-6-17-9-13/h10-11,13-14,17H,2-9H2,1H3,(H,20,22)/t13-/m0/s1. The highest BCUT2D eigenvalue weighted by atomic mass is 16.1. The van der Waals surface area contributed by atoms with E-state index in [0.717, 1.165) is 50.5 Å². The van der Waals surface area contributed by atoms with Gasteiger partial charge in [-0.15, -0.1) is 0 Å². The average molecular weight is 303 g/mol. The molecule has 0 unspecified atom stereocenters. The molecule has 1 aromatic heterocycles. The van der Waals surface area contributed by atoms with Gasteiger partial charge >= 0.3 is 0 Å². The zero-order valence-electron chi connectivity index (χ0n) is 13.2. The minimum absolute atomic E-state index is 0.0590. The van der Waals surface area contributed by atoms with Crippen LogP contribution in [0.4, 0.5) is 5.82 Å². The van der Waals surface area contributed by atoms with Gasteiger partial charge < -0.3 is 15.5 Å². The van der Waals surface area contributed by atoms with E-state index < -0.39 is 0 Å². The van der Waals surface area contributed by atoms with Gasteiger partial charge in [-0.25, -0.2) is 4.98 Å². The molecule has 6 heteroatoms. The molecule has 2 N–H and O–H groups in total. The van der Waals surface area contributed by atoms with Crippen molar-refractivity contribution in [3.63, 3.8) is 0 Å². The molecule has 3 rings (SSSR count). The van der Waals surface area contributed by atoms with Gasteiger partial charge in [-0.1, -0.05) is 0 Å². The van der Waals surface area contributed by atoms with Crippen molar-refractivity contribution in [2.24, 2.45) is 0 Å². The van der Waals surface area contributed by atoms with Crippen LogP contribution in [0.2, 0.25) is 0 Å². The minimum atomic E-state index is 0.0590. The number of anilines is 1. The monoisotopic (exact) mass is 303 g/mol. The van der Waals surface area contributed by atoms with Crippen molar-refractivity contribution in [2.45, 2.75) is 44.6 Å². The highest BCUT2D eigenvalue weighted by Crippen LogP contribution is 2.23. The summed E-state index contributed by atoms with van der Waals surface area (Å²) in [5, 5.41) is 6.42. The molecule has 120 valence electrons. The van der Waals surface area contributed by atoms with Crippen LogP contribution < -0.4 is 15.5 Å². The molecular weight excluding hydrogens is 278 g/mol. The van der Waals surface area contributed by atoms with Gasteiger partial charge in [-0.2, -0.15) is 0 Å². The Morgan fingerprint density at radius 3 is 2.68 bits per heavy atom. The molecule has 0 spiro atoms. The molecule has 1 aromatic rings. The summed E-state index contributed by atoms with van der Waals surface area (Å²) in [6.07, 6.45) is 8.19. The summed E-state index contributed by atoms with van der Waals surface area (Å²) < 4.78 is 0. The molecule has 1 atom stereocenters. The van der Waals surface area contributed by atoms with Crippen LogP contribution in [-0.2, 0) is 4.79 Å². The molecule has 0 saturated carbocycles. The smallest absolute Gasteiger partial charge is 0.217 e. The Bertz CT molecular complexity index is 490. The van der Waals surface area contributed by atoms with E-state index in [-0.39, 0.29) is 5.91 Å². The molecular formula is C16H25N5O. The van der Waals surface area contributed by atoms with Gasteiger partial charge in [-0.3, -0.25) is 9.78 Å². The maximum Gasteiger partial charge on any atom is 0.217 e. The number of piperidine rings is 2. The average Bonchev–Trinajstić information content (AvgIpc) is 2.56. The lowest BCUT2D eigenvalue weighted by Gasteiger charge is -2.33. The zero-order valence-corrected chi connectivity index (χ0v) is 13.2. The molecule has 2 saturated heterocycles. The number of hydrogen-bond donors (Lipinski definition) is 2. The third kappa shape index (κ3) is 3.74. The predicted molar refractivity (Wildman–Crippen MR) is 85.9 cm³/mol. The van der Waals surface area contributed by atoms with Crippen molar-refractivity contribution in [3.05, 3.63) is 18.1 Å². The van der Waals surface area contributed by atoms with Crippen LogP contribution >= 0.6 is 0 Å². The Kier molecular flexibility index (Phi) is 4.87. The highest BCUT2D eigenvalue weighted by Gasteiger charge is 2.22. The third-order valence-electron chi connectivity index (χ3n) is 4.60. The number of aromatic nitrogens is 2. The van der Waals surface area contributed by atoms with Crippen LogP contribution in [0, 0.1) is 0 Å². The SMILES string of the molecule is CC(=O)NC1CCN(c2cnc([C@H]3CCCNC3)cn2)CC1. The van der Waals surface area contributed by atoms with Gasteiger partial charge in [0.15, 0.2) is 0 Å². The summed E-state index contributed by atoms with van der Waals surface area (Å²) in [7, 11) is 0. The summed E-state index contributed by atoms with van der Waals surface area (Å²) in [6.45, 7) is 5.55. The molecule has 0 aromatic carbocycles. The lowest BCUT2D eigenvalue weighted by atomic mass is 9.96. The second-order valence-corrected chi connectivity index (χ2v) is 6.30. The first-order chi connectivity index (χ1) is 10.7. The first-order valence-corrected chi connectivity index (χ1v) is 8.27. The van der Waals surface area contributed by atoms with E-state index in [9.17, 15) is 4.79 Å². The number of carbonyl (C=O) groups is 1. The fourth-order valence-corrected chi connectivity index (χ4v) is 3.35. The van der Waals surface area contributed by atoms with Gasteiger partial charge in [-0.05, 0) is 32.2 Å². The topological polar surface area (TPSA) is 70.2 Å². The second-order valence-electron chi connectivity index (χ2n) is 6.30. The summed E-state index contributed by atoms with van der Waals surface area (Å²) in [4.78, 5) is 22.6. The predicted octanol–water partition coefficient (Wildman–Crippen LogP) is 1.05. The summed E-state index contributed by atoms with van der Waals surface area (Å²) >= 11 is 0. The molecule has 22 heavy (non-hydrogen) atoms. The fraction of sp³-hybridized carbons (Fsp3) is 0.688. The molecule has 0 radical (unpaired) electrons. The van der Waals surface area contributed by atoms with E-state index in [1.165, 1.54) is 12.8 Å². The van der Waals surface area contributed by atoms with E-state index >= 15 is 0 Å². The van der Waals surface area contributed by atoms with Gasteiger partial charge in [0, 0.05) is 38.5 Å². The zero-order chi connectivity index (χ0) is 15.4. The van der Waals surface area contributed by atoms with Gasteiger partial charge in [0.2, 0.25) is 5.91 Å². The van der Waals surface area contributed by atoms with Crippen LogP contribution in [0.15, 0.2) is 12.4 Å². The molecule has 6 nitrogen and oxygen atoms in total. The van der Waals surface area contributed by atoms with Crippen LogP contribution in [-0.4, -0.2) is 48.1 Å². The van der Waals surface area contributed by atoms with Crippen molar-refractivity contribution < 1.29 is 4.79 Å². The normalized spacial score (nSPS) is 23.3. The number of rotatable bonds is 3. The summed E-state index contributed by atoms with van der Waals surface area (Å²) in [5.74, 6) is 1.51. The summed E-state index contributed by atoms with van der Waals surface area (Å²) in [5.41, 5.74) is 1.10. The fourth-order valence-electron chi connectivity index (χ4n) is 3.35. The number of nitrogens with zero attached hydrogens (tertiary/aromatic N) is 3. The number of amides is 1. The Morgan fingerprint density at radius 2 is 2.09 bits per heavy atom. The second kappa shape index (κ2) is 7.05. The van der Waals surface area contributed by atoms with Gasteiger partial charge in [0.25, 0.3) is 0 Å². The van der Waals surface area contributed by atoms with E-state index in [0.29, 0.717) is 12.0 Å². The molecule has 3 heterocycles. The summed E-state index contributed by atoms with van der Waals surface area (Å²) in [6, 6.07) is 0.300. The molecule has 2 fully saturated rings. The van der Waals surface area contributed by atoms with E-state index in [4.69, 9.17) is 0 Å². The maximum absolute atomic E-state index is 11.1. The van der Waals surface area contributed by atoms with Crippen molar-refractivity contribution in [3.8, 4) is 0 Å². The molecule has 0 bridgehead atoms. The first-order valence-electron chi connectivity index (χ1n) is 8.27. The first kappa shape index (κ1) is 15.2. The Morgan fingerprint density at radius 1 is 1.27 bits per heavy atom. The van der Waals surface area contributed by atoms with Crippen molar-refractivity contribution in [1.82, 2.24) is 20.6 Å². The highest BCUT2D eigenvalue weighted by molar-refractivity contribution is 5.73. The number of nitrogens with one attached hydrogen (secondary N) is 2. The van der Waals surface area contributed by atoms with Crippen LogP contribution in [0.25, 0.3) is 0 Å². The molecule has 2 aliphatic rings. The van der Waals surface area contributed by atoms with Crippen molar-refractivity contribution in [1.29, 1.82) is 0 Å². The number of hydrogen-bond acceptors (Lipinski definition) is 5. The van der Waals surface area contributed by atoms with Crippen molar-refractivity contribution in [2.75, 3.05) is 31.1 Å². The Hall–Kier alpha value is -1.69. The lowest BCUT2D eigenvalue weighted by Crippen LogP contribution is -2.44. The molecule has 2 aliphatic heterocycles. The maximum atomic E-state index is 11.1. The third-order valence-corrected chi connectivity index (χ3v) is 4.60. The van der Waals surface area contributed by atoms with Crippen LogP contribution in [0.5, 0.6) is 0 Å². The van der Waals surface area contributed by atoms with E-state index in [1.54, 1.807) is 6.92 Å². The van der Waals surface area contributed by atoms with Crippen molar-refractivity contribution >= 4 is 11.7 Å². The lowest BCUT2D eigenvalue weighted by molar-refractivity contribution is -0.119. The largest absolute Gasteiger partial charge is 0.355 e. The van der Waals surface area contributed by atoms with Gasteiger partial charge in [0.1, 0.15) is 5.82 Å². The molecule has 1 amide bonds. The Balaban J connectivity index is 1.56. The molecule has 0 aliphatic carbocycles.